The Morgan fingerprint density at radius 3 is 2.61 bits per heavy atom. The summed E-state index contributed by atoms with van der Waals surface area (Å²) >= 11 is 0. The fourth-order valence-electron chi connectivity index (χ4n) is 1.80. The Morgan fingerprint density at radius 2 is 1.94 bits per heavy atom. The molecule has 1 heterocycles. The zero-order valence-electron chi connectivity index (χ0n) is 10.3. The molecule has 4 heteroatoms. The molecule has 0 radical (unpaired) electrons. The predicted molar refractivity (Wildman–Crippen MR) is 72.0 cm³/mol. The summed E-state index contributed by atoms with van der Waals surface area (Å²) in [6.07, 6.45) is 4.38. The topological polar surface area (TPSA) is 42.2 Å². The van der Waals surface area contributed by atoms with E-state index in [0.29, 0.717) is 11.4 Å². The second kappa shape index (κ2) is 5.49. The number of rotatable bonds is 4. The summed E-state index contributed by atoms with van der Waals surface area (Å²) in [4.78, 5) is 5.85. The van der Waals surface area contributed by atoms with Gasteiger partial charge >= 0.3 is 0 Å². The van der Waals surface area contributed by atoms with Crippen LogP contribution in [-0.4, -0.2) is 18.6 Å². The van der Waals surface area contributed by atoms with E-state index >= 15 is 0 Å². The maximum atomic E-state index is 13.7. The third-order valence-corrected chi connectivity index (χ3v) is 2.87. The Hall–Kier alpha value is -2.10. The first-order chi connectivity index (χ1) is 8.66. The van der Waals surface area contributed by atoms with Gasteiger partial charge in [-0.25, -0.2) is 4.39 Å². The van der Waals surface area contributed by atoms with Crippen LogP contribution in [0.4, 0.5) is 15.8 Å². The SMILES string of the molecule is CN(CCc1ccncc1)c1ccc(N)cc1F. The van der Waals surface area contributed by atoms with Crippen molar-refractivity contribution in [2.24, 2.45) is 0 Å². The quantitative estimate of drug-likeness (QED) is 0.841. The first-order valence-corrected chi connectivity index (χ1v) is 5.82. The van der Waals surface area contributed by atoms with E-state index in [0.717, 1.165) is 13.0 Å². The molecule has 0 bridgehead atoms. The Balaban J connectivity index is 2.01. The molecule has 0 saturated carbocycles. The van der Waals surface area contributed by atoms with E-state index < -0.39 is 0 Å². The van der Waals surface area contributed by atoms with Gasteiger partial charge in [-0.15, -0.1) is 0 Å². The highest BCUT2D eigenvalue weighted by Crippen LogP contribution is 2.20. The van der Waals surface area contributed by atoms with Gasteiger partial charge in [-0.3, -0.25) is 4.98 Å². The minimum absolute atomic E-state index is 0.285. The van der Waals surface area contributed by atoms with E-state index in [9.17, 15) is 4.39 Å². The lowest BCUT2D eigenvalue weighted by Gasteiger charge is -2.20. The average Bonchev–Trinajstić information content (AvgIpc) is 2.37. The molecule has 0 aliphatic rings. The summed E-state index contributed by atoms with van der Waals surface area (Å²) in [5.74, 6) is -0.285. The summed E-state index contributed by atoms with van der Waals surface area (Å²) in [6, 6.07) is 8.69. The highest BCUT2D eigenvalue weighted by molar-refractivity contribution is 5.54. The van der Waals surface area contributed by atoms with Crippen LogP contribution in [0.15, 0.2) is 42.7 Å². The number of halogens is 1. The van der Waals surface area contributed by atoms with Crippen LogP contribution in [0.2, 0.25) is 0 Å². The van der Waals surface area contributed by atoms with Crippen LogP contribution < -0.4 is 10.6 Å². The first-order valence-electron chi connectivity index (χ1n) is 5.82. The summed E-state index contributed by atoms with van der Waals surface area (Å²) in [6.45, 7) is 0.741. The number of hydrogen-bond donors (Lipinski definition) is 1. The maximum Gasteiger partial charge on any atom is 0.148 e. The van der Waals surface area contributed by atoms with Crippen molar-refractivity contribution in [1.82, 2.24) is 4.98 Å². The number of hydrogen-bond acceptors (Lipinski definition) is 3. The van der Waals surface area contributed by atoms with Crippen LogP contribution in [0.25, 0.3) is 0 Å². The second-order valence-corrected chi connectivity index (χ2v) is 4.24. The molecule has 0 spiro atoms. The molecule has 2 N–H and O–H groups in total. The van der Waals surface area contributed by atoms with E-state index in [1.54, 1.807) is 24.5 Å². The summed E-state index contributed by atoms with van der Waals surface area (Å²) < 4.78 is 13.7. The van der Waals surface area contributed by atoms with Crippen molar-refractivity contribution < 1.29 is 4.39 Å². The lowest BCUT2D eigenvalue weighted by molar-refractivity contribution is 0.623. The van der Waals surface area contributed by atoms with E-state index in [-0.39, 0.29) is 5.82 Å². The van der Waals surface area contributed by atoms with Gasteiger partial charge in [0.1, 0.15) is 5.82 Å². The van der Waals surface area contributed by atoms with Crippen molar-refractivity contribution in [2.75, 3.05) is 24.2 Å². The normalized spacial score (nSPS) is 10.3. The van der Waals surface area contributed by atoms with Crippen LogP contribution in [0.3, 0.4) is 0 Å². The molecule has 0 aliphatic heterocycles. The van der Waals surface area contributed by atoms with Crippen molar-refractivity contribution in [3.05, 3.63) is 54.1 Å². The van der Waals surface area contributed by atoms with E-state index in [1.165, 1.54) is 11.6 Å². The summed E-state index contributed by atoms with van der Waals surface area (Å²) in [7, 11) is 1.87. The van der Waals surface area contributed by atoms with Gasteiger partial charge in [0.15, 0.2) is 0 Å². The van der Waals surface area contributed by atoms with Crippen molar-refractivity contribution in [3.8, 4) is 0 Å². The Morgan fingerprint density at radius 1 is 1.22 bits per heavy atom. The Labute approximate surface area is 106 Å². The third-order valence-electron chi connectivity index (χ3n) is 2.87. The van der Waals surface area contributed by atoms with E-state index in [4.69, 9.17) is 5.73 Å². The number of nitrogens with two attached hydrogens (primary N) is 1. The molecule has 18 heavy (non-hydrogen) atoms. The van der Waals surface area contributed by atoms with Crippen molar-refractivity contribution in [2.45, 2.75) is 6.42 Å². The number of nitrogens with zero attached hydrogens (tertiary/aromatic N) is 2. The van der Waals surface area contributed by atoms with Gasteiger partial charge in [-0.1, -0.05) is 0 Å². The van der Waals surface area contributed by atoms with Crippen LogP contribution in [0.5, 0.6) is 0 Å². The van der Waals surface area contributed by atoms with Crippen LogP contribution in [0.1, 0.15) is 5.56 Å². The highest BCUT2D eigenvalue weighted by Gasteiger charge is 2.07. The van der Waals surface area contributed by atoms with Crippen LogP contribution >= 0.6 is 0 Å². The molecular formula is C14H16FN3. The number of likely N-dealkylation sites (N-methyl/N-ethyl adjacent to an activating group) is 1. The van der Waals surface area contributed by atoms with Gasteiger partial charge in [0, 0.05) is 31.7 Å². The maximum absolute atomic E-state index is 13.7. The van der Waals surface area contributed by atoms with E-state index in [2.05, 4.69) is 4.98 Å². The number of pyridine rings is 1. The fraction of sp³-hybridized carbons (Fsp3) is 0.214. The second-order valence-electron chi connectivity index (χ2n) is 4.24. The molecule has 3 nitrogen and oxygen atoms in total. The number of nitrogen functional groups attached to an aromatic ring is 1. The van der Waals surface area contributed by atoms with Gasteiger partial charge in [-0.2, -0.15) is 0 Å². The lowest BCUT2D eigenvalue weighted by Crippen LogP contribution is -2.21. The molecule has 0 unspecified atom stereocenters. The monoisotopic (exact) mass is 245 g/mol. The Bertz CT molecular complexity index is 514. The van der Waals surface area contributed by atoms with E-state index in [1.807, 2.05) is 24.1 Å². The predicted octanol–water partition coefficient (Wildman–Crippen LogP) is 2.48. The molecule has 0 atom stereocenters. The lowest BCUT2D eigenvalue weighted by atomic mass is 10.2. The van der Waals surface area contributed by atoms with Crippen LogP contribution in [-0.2, 0) is 6.42 Å². The third kappa shape index (κ3) is 2.97. The molecule has 0 fully saturated rings. The molecule has 1 aromatic carbocycles. The molecule has 2 rings (SSSR count). The van der Waals surface area contributed by atoms with Gasteiger partial charge in [0.05, 0.1) is 5.69 Å². The molecule has 2 aromatic rings. The smallest absolute Gasteiger partial charge is 0.148 e. The van der Waals surface area contributed by atoms with Crippen molar-refractivity contribution in [1.29, 1.82) is 0 Å². The van der Waals surface area contributed by atoms with Gasteiger partial charge in [0.25, 0.3) is 0 Å². The molecule has 1 aromatic heterocycles. The zero-order chi connectivity index (χ0) is 13.0. The van der Waals surface area contributed by atoms with Crippen molar-refractivity contribution in [3.63, 3.8) is 0 Å². The average molecular weight is 245 g/mol. The van der Waals surface area contributed by atoms with Crippen LogP contribution in [0, 0.1) is 5.82 Å². The summed E-state index contributed by atoms with van der Waals surface area (Å²) in [5, 5.41) is 0. The minimum Gasteiger partial charge on any atom is -0.399 e. The molecule has 94 valence electrons. The molecule has 0 saturated heterocycles. The highest BCUT2D eigenvalue weighted by atomic mass is 19.1. The van der Waals surface area contributed by atoms with Gasteiger partial charge < -0.3 is 10.6 Å². The first kappa shape index (κ1) is 12.4. The van der Waals surface area contributed by atoms with Gasteiger partial charge in [0.2, 0.25) is 0 Å². The fourth-order valence-corrected chi connectivity index (χ4v) is 1.80. The molecular weight excluding hydrogens is 229 g/mol. The van der Waals surface area contributed by atoms with Crippen molar-refractivity contribution >= 4 is 11.4 Å². The number of aromatic nitrogens is 1. The minimum atomic E-state index is -0.285. The number of anilines is 2. The van der Waals surface area contributed by atoms with Gasteiger partial charge in [-0.05, 0) is 42.3 Å². The number of benzene rings is 1. The Kier molecular flexibility index (Phi) is 3.77. The summed E-state index contributed by atoms with van der Waals surface area (Å²) in [5.41, 5.74) is 7.73. The zero-order valence-corrected chi connectivity index (χ0v) is 10.3. The molecule has 0 amide bonds. The largest absolute Gasteiger partial charge is 0.399 e. The standard InChI is InChI=1S/C14H16FN3/c1-18(9-6-11-4-7-17-8-5-11)14-3-2-12(16)10-13(14)15/h2-5,7-8,10H,6,9,16H2,1H3. The molecule has 0 aliphatic carbocycles.